The van der Waals surface area contributed by atoms with Gasteiger partial charge in [-0.2, -0.15) is 0 Å². The SMILES string of the molecule is CCNC1CCCN(c2c(C)cc(C)cc2Cl)C1. The van der Waals surface area contributed by atoms with Crippen molar-refractivity contribution in [2.24, 2.45) is 0 Å². The van der Waals surface area contributed by atoms with Gasteiger partial charge in [0.2, 0.25) is 0 Å². The number of halogens is 1. The van der Waals surface area contributed by atoms with Gasteiger partial charge in [0.25, 0.3) is 0 Å². The molecule has 0 aliphatic carbocycles. The number of hydrogen-bond donors (Lipinski definition) is 1. The quantitative estimate of drug-likeness (QED) is 0.900. The van der Waals surface area contributed by atoms with E-state index in [1.54, 1.807) is 0 Å². The zero-order valence-electron chi connectivity index (χ0n) is 11.6. The van der Waals surface area contributed by atoms with Gasteiger partial charge in [-0.3, -0.25) is 0 Å². The third-order valence-corrected chi connectivity index (χ3v) is 3.92. The molecule has 0 spiro atoms. The van der Waals surface area contributed by atoms with Gasteiger partial charge >= 0.3 is 0 Å². The van der Waals surface area contributed by atoms with Crippen molar-refractivity contribution in [1.29, 1.82) is 0 Å². The van der Waals surface area contributed by atoms with Crippen molar-refractivity contribution in [1.82, 2.24) is 5.32 Å². The number of piperidine rings is 1. The molecule has 1 aromatic rings. The van der Waals surface area contributed by atoms with Crippen molar-refractivity contribution < 1.29 is 0 Å². The minimum atomic E-state index is 0.598. The zero-order valence-corrected chi connectivity index (χ0v) is 12.3. The van der Waals surface area contributed by atoms with Crippen molar-refractivity contribution in [2.75, 3.05) is 24.5 Å². The Kier molecular flexibility index (Phi) is 4.52. The summed E-state index contributed by atoms with van der Waals surface area (Å²) < 4.78 is 0. The van der Waals surface area contributed by atoms with E-state index in [2.05, 4.69) is 43.1 Å². The number of benzene rings is 1. The molecule has 1 N–H and O–H groups in total. The summed E-state index contributed by atoms with van der Waals surface area (Å²) in [5, 5.41) is 4.44. The maximum atomic E-state index is 6.43. The largest absolute Gasteiger partial charge is 0.369 e. The van der Waals surface area contributed by atoms with Crippen molar-refractivity contribution in [3.8, 4) is 0 Å². The second kappa shape index (κ2) is 5.94. The molecule has 0 radical (unpaired) electrons. The molecule has 18 heavy (non-hydrogen) atoms. The second-order valence-electron chi connectivity index (χ2n) is 5.26. The van der Waals surface area contributed by atoms with Gasteiger partial charge < -0.3 is 10.2 Å². The Morgan fingerprint density at radius 1 is 1.39 bits per heavy atom. The van der Waals surface area contributed by atoms with E-state index < -0.39 is 0 Å². The third-order valence-electron chi connectivity index (χ3n) is 3.63. The van der Waals surface area contributed by atoms with Crippen LogP contribution in [-0.2, 0) is 0 Å². The van der Waals surface area contributed by atoms with Gasteiger partial charge in [0.05, 0.1) is 10.7 Å². The van der Waals surface area contributed by atoms with Crippen LogP contribution in [0.25, 0.3) is 0 Å². The van der Waals surface area contributed by atoms with Crippen LogP contribution in [0, 0.1) is 13.8 Å². The molecule has 1 aromatic carbocycles. The minimum Gasteiger partial charge on any atom is -0.369 e. The fourth-order valence-corrected chi connectivity index (χ4v) is 3.38. The van der Waals surface area contributed by atoms with Crippen LogP contribution in [0.5, 0.6) is 0 Å². The molecule has 0 saturated carbocycles. The molecular weight excluding hydrogens is 244 g/mol. The summed E-state index contributed by atoms with van der Waals surface area (Å²) in [6, 6.07) is 4.89. The van der Waals surface area contributed by atoms with Gasteiger partial charge in [-0.05, 0) is 50.4 Å². The molecule has 1 heterocycles. The van der Waals surface area contributed by atoms with Crippen molar-refractivity contribution >= 4 is 17.3 Å². The topological polar surface area (TPSA) is 15.3 Å². The number of hydrogen-bond acceptors (Lipinski definition) is 2. The lowest BCUT2D eigenvalue weighted by atomic mass is 10.0. The summed E-state index contributed by atoms with van der Waals surface area (Å²) in [6.45, 7) is 9.65. The van der Waals surface area contributed by atoms with Crippen LogP contribution in [0.2, 0.25) is 5.02 Å². The first kappa shape index (κ1) is 13.7. The molecule has 3 heteroatoms. The first-order valence-corrected chi connectivity index (χ1v) is 7.24. The molecule has 0 aromatic heterocycles. The Balaban J connectivity index is 2.20. The Bertz CT molecular complexity index is 392. The molecule has 1 aliphatic rings. The third kappa shape index (κ3) is 2.99. The highest BCUT2D eigenvalue weighted by Crippen LogP contribution is 2.32. The Hall–Kier alpha value is -0.730. The molecule has 100 valence electrons. The second-order valence-corrected chi connectivity index (χ2v) is 5.66. The lowest BCUT2D eigenvalue weighted by Gasteiger charge is -2.36. The predicted octanol–water partition coefficient (Wildman–Crippen LogP) is 3.54. The van der Waals surface area contributed by atoms with Crippen molar-refractivity contribution in [3.63, 3.8) is 0 Å². The normalized spacial score (nSPS) is 20.2. The molecule has 1 aliphatic heterocycles. The standard InChI is InChI=1S/C15H23ClN2/c1-4-17-13-6-5-7-18(10-13)15-12(3)8-11(2)9-14(15)16/h8-9,13,17H,4-7,10H2,1-3H3. The fraction of sp³-hybridized carbons (Fsp3) is 0.600. The average Bonchev–Trinajstić information content (AvgIpc) is 2.28. The molecular formula is C15H23ClN2. The van der Waals surface area contributed by atoms with Gasteiger partial charge in [0.1, 0.15) is 0 Å². The first-order chi connectivity index (χ1) is 8.61. The molecule has 2 nitrogen and oxygen atoms in total. The molecule has 1 atom stereocenters. The van der Waals surface area contributed by atoms with E-state index >= 15 is 0 Å². The van der Waals surface area contributed by atoms with E-state index in [1.807, 2.05) is 0 Å². The summed E-state index contributed by atoms with van der Waals surface area (Å²) in [7, 11) is 0. The first-order valence-electron chi connectivity index (χ1n) is 6.87. The molecule has 2 rings (SSSR count). The van der Waals surface area contributed by atoms with Crippen molar-refractivity contribution in [2.45, 2.75) is 39.7 Å². The molecule has 0 amide bonds. The maximum absolute atomic E-state index is 6.43. The van der Waals surface area contributed by atoms with Crippen LogP contribution < -0.4 is 10.2 Å². The summed E-state index contributed by atoms with van der Waals surface area (Å²) in [5.74, 6) is 0. The average molecular weight is 267 g/mol. The highest BCUT2D eigenvalue weighted by molar-refractivity contribution is 6.33. The molecule has 1 fully saturated rings. The summed E-state index contributed by atoms with van der Waals surface area (Å²) in [5.41, 5.74) is 3.75. The lowest BCUT2D eigenvalue weighted by molar-refractivity contribution is 0.431. The minimum absolute atomic E-state index is 0.598. The highest BCUT2D eigenvalue weighted by atomic mass is 35.5. The van der Waals surface area contributed by atoms with Crippen LogP contribution in [0.3, 0.4) is 0 Å². The number of likely N-dealkylation sites (N-methyl/N-ethyl adjacent to an activating group) is 1. The van der Waals surface area contributed by atoms with E-state index in [9.17, 15) is 0 Å². The summed E-state index contributed by atoms with van der Waals surface area (Å²) >= 11 is 6.43. The van der Waals surface area contributed by atoms with Gasteiger partial charge in [0, 0.05) is 19.1 Å². The maximum Gasteiger partial charge on any atom is 0.0644 e. The molecule has 1 unspecified atom stereocenters. The highest BCUT2D eigenvalue weighted by Gasteiger charge is 2.22. The fourth-order valence-electron chi connectivity index (χ4n) is 2.94. The van der Waals surface area contributed by atoms with E-state index in [4.69, 9.17) is 11.6 Å². The number of anilines is 1. The van der Waals surface area contributed by atoms with Gasteiger partial charge in [-0.25, -0.2) is 0 Å². The number of nitrogens with one attached hydrogen (secondary N) is 1. The van der Waals surface area contributed by atoms with Crippen LogP contribution >= 0.6 is 11.6 Å². The Morgan fingerprint density at radius 3 is 2.83 bits per heavy atom. The number of aryl methyl sites for hydroxylation is 2. The van der Waals surface area contributed by atoms with Crippen LogP contribution in [0.15, 0.2) is 12.1 Å². The van der Waals surface area contributed by atoms with E-state index in [-0.39, 0.29) is 0 Å². The van der Waals surface area contributed by atoms with E-state index in [0.29, 0.717) is 6.04 Å². The zero-order chi connectivity index (χ0) is 13.1. The number of nitrogens with zero attached hydrogens (tertiary/aromatic N) is 1. The smallest absolute Gasteiger partial charge is 0.0644 e. The van der Waals surface area contributed by atoms with Gasteiger partial charge in [-0.1, -0.05) is 24.6 Å². The number of rotatable bonds is 3. The summed E-state index contributed by atoms with van der Waals surface area (Å²) in [6.07, 6.45) is 2.51. The van der Waals surface area contributed by atoms with Crippen molar-refractivity contribution in [3.05, 3.63) is 28.3 Å². The summed E-state index contributed by atoms with van der Waals surface area (Å²) in [4.78, 5) is 2.44. The molecule has 0 bridgehead atoms. The Morgan fingerprint density at radius 2 is 2.17 bits per heavy atom. The Labute approximate surface area is 115 Å². The van der Waals surface area contributed by atoms with Crippen LogP contribution in [0.4, 0.5) is 5.69 Å². The van der Waals surface area contributed by atoms with Crippen LogP contribution in [-0.4, -0.2) is 25.7 Å². The van der Waals surface area contributed by atoms with Gasteiger partial charge in [0.15, 0.2) is 0 Å². The monoisotopic (exact) mass is 266 g/mol. The van der Waals surface area contributed by atoms with E-state index in [0.717, 1.165) is 24.7 Å². The lowest BCUT2D eigenvalue weighted by Crippen LogP contribution is -2.46. The predicted molar refractivity (Wildman–Crippen MR) is 79.8 cm³/mol. The van der Waals surface area contributed by atoms with Crippen LogP contribution in [0.1, 0.15) is 30.9 Å². The molecule has 1 saturated heterocycles. The van der Waals surface area contributed by atoms with E-state index in [1.165, 1.54) is 29.7 Å². The van der Waals surface area contributed by atoms with Gasteiger partial charge in [-0.15, -0.1) is 0 Å².